The van der Waals surface area contributed by atoms with Crippen molar-refractivity contribution in [1.82, 2.24) is 9.79 Å². The summed E-state index contributed by atoms with van der Waals surface area (Å²) < 4.78 is 33.1. The SMILES string of the molecule is NC(=O)COc1cccc(S(=O)(=O)N(C[C@@H](O)[C@H](Cc2ccccc2)NC(=O)O)OC2CCCC2)c1. The summed E-state index contributed by atoms with van der Waals surface area (Å²) in [5.74, 6) is -0.598. The molecule has 1 aliphatic rings. The minimum Gasteiger partial charge on any atom is -0.484 e. The van der Waals surface area contributed by atoms with E-state index in [1.807, 2.05) is 6.07 Å². The van der Waals surface area contributed by atoms with Gasteiger partial charge in [0.05, 0.1) is 29.7 Å². The summed E-state index contributed by atoms with van der Waals surface area (Å²) in [5, 5.41) is 22.6. The number of carboxylic acid groups (broad SMARTS) is 1. The van der Waals surface area contributed by atoms with E-state index in [0.29, 0.717) is 12.8 Å². The van der Waals surface area contributed by atoms with E-state index in [1.165, 1.54) is 24.3 Å². The lowest BCUT2D eigenvalue weighted by molar-refractivity contribution is -0.145. The van der Waals surface area contributed by atoms with E-state index >= 15 is 0 Å². The Kier molecular flexibility index (Phi) is 9.65. The molecule has 3 rings (SSSR count). The fourth-order valence-electron chi connectivity index (χ4n) is 3.94. The maximum atomic E-state index is 13.6. The molecular formula is C24H31N3O8S. The molecule has 1 saturated carbocycles. The first-order chi connectivity index (χ1) is 17.1. The van der Waals surface area contributed by atoms with Gasteiger partial charge >= 0.3 is 6.09 Å². The fourth-order valence-corrected chi connectivity index (χ4v) is 5.28. The first-order valence-corrected chi connectivity index (χ1v) is 13.0. The smallest absolute Gasteiger partial charge is 0.404 e. The number of benzene rings is 2. The van der Waals surface area contributed by atoms with Gasteiger partial charge in [0, 0.05) is 6.07 Å². The number of hydrogen-bond acceptors (Lipinski definition) is 7. The van der Waals surface area contributed by atoms with Gasteiger partial charge in [0.1, 0.15) is 5.75 Å². The monoisotopic (exact) mass is 521 g/mol. The van der Waals surface area contributed by atoms with Crippen molar-refractivity contribution in [3.63, 3.8) is 0 Å². The molecule has 0 heterocycles. The third-order valence-corrected chi connectivity index (χ3v) is 7.35. The van der Waals surface area contributed by atoms with Gasteiger partial charge < -0.3 is 26.0 Å². The van der Waals surface area contributed by atoms with Crippen molar-refractivity contribution < 1.29 is 37.8 Å². The highest BCUT2D eigenvalue weighted by Crippen LogP contribution is 2.27. The summed E-state index contributed by atoms with van der Waals surface area (Å²) in [7, 11) is -4.30. The van der Waals surface area contributed by atoms with Crippen molar-refractivity contribution in [2.45, 2.75) is 55.2 Å². The highest BCUT2D eigenvalue weighted by molar-refractivity contribution is 7.89. The molecule has 2 aromatic rings. The molecule has 0 aromatic heterocycles. The lowest BCUT2D eigenvalue weighted by atomic mass is 10.0. The van der Waals surface area contributed by atoms with Crippen LogP contribution in [0.25, 0.3) is 0 Å². The number of aliphatic hydroxyl groups excluding tert-OH is 1. The van der Waals surface area contributed by atoms with Crippen molar-refractivity contribution >= 4 is 22.0 Å². The van der Waals surface area contributed by atoms with Crippen LogP contribution < -0.4 is 15.8 Å². The van der Waals surface area contributed by atoms with E-state index in [-0.39, 0.29) is 23.2 Å². The Morgan fingerprint density at radius 3 is 2.44 bits per heavy atom. The van der Waals surface area contributed by atoms with Gasteiger partial charge in [-0.1, -0.05) is 53.7 Å². The van der Waals surface area contributed by atoms with E-state index in [2.05, 4.69) is 5.32 Å². The van der Waals surface area contributed by atoms with Crippen molar-refractivity contribution in [2.75, 3.05) is 13.2 Å². The Morgan fingerprint density at radius 2 is 1.81 bits per heavy atom. The molecule has 0 spiro atoms. The number of hydroxylamine groups is 1. The van der Waals surface area contributed by atoms with Crippen molar-refractivity contribution in [2.24, 2.45) is 5.73 Å². The zero-order valence-electron chi connectivity index (χ0n) is 19.7. The van der Waals surface area contributed by atoms with Gasteiger partial charge in [-0.3, -0.25) is 9.63 Å². The van der Waals surface area contributed by atoms with E-state index < -0.39 is 47.3 Å². The Labute approximate surface area is 209 Å². The molecule has 0 unspecified atom stereocenters. The van der Waals surface area contributed by atoms with E-state index in [1.54, 1.807) is 24.3 Å². The number of nitrogens with two attached hydrogens (primary N) is 1. The number of amides is 2. The number of hydrogen-bond donors (Lipinski definition) is 4. The van der Waals surface area contributed by atoms with Crippen LogP contribution in [-0.4, -0.2) is 66.5 Å². The molecule has 0 bridgehead atoms. The number of carbonyl (C=O) groups excluding carboxylic acids is 1. The summed E-state index contributed by atoms with van der Waals surface area (Å²) in [6.07, 6.45) is 0.0921. The molecular weight excluding hydrogens is 490 g/mol. The van der Waals surface area contributed by atoms with Crippen LogP contribution in [0.1, 0.15) is 31.2 Å². The van der Waals surface area contributed by atoms with Crippen molar-refractivity contribution in [3.05, 3.63) is 60.2 Å². The van der Waals surface area contributed by atoms with Crippen LogP contribution in [0.4, 0.5) is 4.79 Å². The lowest BCUT2D eigenvalue weighted by Gasteiger charge is -2.30. The zero-order chi connectivity index (χ0) is 26.1. The Morgan fingerprint density at radius 1 is 1.11 bits per heavy atom. The van der Waals surface area contributed by atoms with E-state index in [9.17, 15) is 28.2 Å². The molecule has 5 N–H and O–H groups in total. The lowest BCUT2D eigenvalue weighted by Crippen LogP contribution is -2.50. The van der Waals surface area contributed by atoms with Crippen LogP contribution in [0, 0.1) is 0 Å². The highest BCUT2D eigenvalue weighted by Gasteiger charge is 2.34. The van der Waals surface area contributed by atoms with Gasteiger partial charge in [-0.25, -0.2) is 13.2 Å². The standard InChI is InChI=1S/C24H31N3O8S/c25-23(29)16-34-19-11-6-12-20(14-19)36(32,33)27(35-18-9-4-5-10-18)15-22(28)21(26-24(30)31)13-17-7-2-1-3-8-17/h1-3,6-8,11-12,14,18,21-22,26,28H,4-5,9-10,13,15-16H2,(H2,25,29)(H,30,31)/t21-,22+/m0/s1. The second-order valence-corrected chi connectivity index (χ2v) is 10.4. The largest absolute Gasteiger partial charge is 0.484 e. The normalized spacial score (nSPS) is 15.9. The van der Waals surface area contributed by atoms with Crippen LogP contribution in [-0.2, 0) is 26.1 Å². The minimum absolute atomic E-state index is 0.116. The molecule has 36 heavy (non-hydrogen) atoms. The van der Waals surface area contributed by atoms with Crippen LogP contribution in [0.3, 0.4) is 0 Å². The predicted octanol–water partition coefficient (Wildman–Crippen LogP) is 1.66. The topological polar surface area (TPSA) is 168 Å². The molecule has 196 valence electrons. The highest BCUT2D eigenvalue weighted by atomic mass is 32.2. The molecule has 0 saturated heterocycles. The third-order valence-electron chi connectivity index (χ3n) is 5.73. The second-order valence-electron chi connectivity index (χ2n) is 8.55. The number of carbonyl (C=O) groups is 2. The summed E-state index contributed by atoms with van der Waals surface area (Å²) >= 11 is 0. The number of aliphatic hydroxyl groups is 1. The predicted molar refractivity (Wildman–Crippen MR) is 129 cm³/mol. The van der Waals surface area contributed by atoms with Gasteiger partial charge in [-0.05, 0) is 37.0 Å². The van der Waals surface area contributed by atoms with Crippen molar-refractivity contribution in [1.29, 1.82) is 0 Å². The molecule has 12 heteroatoms. The van der Waals surface area contributed by atoms with Gasteiger partial charge in [0.2, 0.25) is 0 Å². The van der Waals surface area contributed by atoms with Crippen LogP contribution in [0.5, 0.6) is 5.75 Å². The quantitative estimate of drug-likeness (QED) is 0.289. The molecule has 0 radical (unpaired) electrons. The molecule has 2 amide bonds. The number of primary amides is 1. The number of ether oxygens (including phenoxy) is 1. The fraction of sp³-hybridized carbons (Fsp3) is 0.417. The van der Waals surface area contributed by atoms with Gasteiger partial charge in [-0.15, -0.1) is 0 Å². The first kappa shape index (κ1) is 27.4. The molecule has 1 aliphatic carbocycles. The molecule has 2 aromatic carbocycles. The van der Waals surface area contributed by atoms with E-state index in [4.69, 9.17) is 15.3 Å². The summed E-state index contributed by atoms with van der Waals surface area (Å²) in [6.45, 7) is -0.935. The Hall–Kier alpha value is -3.19. The summed E-state index contributed by atoms with van der Waals surface area (Å²) in [5.41, 5.74) is 5.86. The Balaban J connectivity index is 1.85. The number of nitrogens with zero attached hydrogens (tertiary/aromatic N) is 1. The minimum atomic E-state index is -4.30. The summed E-state index contributed by atoms with van der Waals surface area (Å²) in [4.78, 5) is 28.1. The Bertz CT molecular complexity index is 1120. The first-order valence-electron chi connectivity index (χ1n) is 11.6. The zero-order valence-corrected chi connectivity index (χ0v) is 20.5. The average molecular weight is 522 g/mol. The van der Waals surface area contributed by atoms with Gasteiger partial charge in [0.25, 0.3) is 15.9 Å². The van der Waals surface area contributed by atoms with Gasteiger partial charge in [-0.2, -0.15) is 0 Å². The molecule has 2 atom stereocenters. The number of sulfonamides is 1. The van der Waals surface area contributed by atoms with E-state index in [0.717, 1.165) is 22.9 Å². The van der Waals surface area contributed by atoms with Gasteiger partial charge in [0.15, 0.2) is 6.61 Å². The summed E-state index contributed by atoms with van der Waals surface area (Å²) in [6, 6.07) is 13.4. The molecule has 11 nitrogen and oxygen atoms in total. The number of nitrogens with one attached hydrogen (secondary N) is 1. The number of rotatable bonds is 13. The van der Waals surface area contributed by atoms with Crippen LogP contribution in [0.2, 0.25) is 0 Å². The average Bonchev–Trinajstić information content (AvgIpc) is 3.35. The third kappa shape index (κ3) is 7.92. The van der Waals surface area contributed by atoms with Crippen molar-refractivity contribution in [3.8, 4) is 5.75 Å². The van der Waals surface area contributed by atoms with Crippen LogP contribution in [0.15, 0.2) is 59.5 Å². The maximum absolute atomic E-state index is 13.6. The molecule has 0 aliphatic heterocycles. The maximum Gasteiger partial charge on any atom is 0.404 e. The van der Waals surface area contributed by atoms with Crippen LogP contribution >= 0.6 is 0 Å². The molecule has 1 fully saturated rings. The second kappa shape index (κ2) is 12.7.